The van der Waals surface area contributed by atoms with Gasteiger partial charge in [0.15, 0.2) is 0 Å². The third-order valence-electron chi connectivity index (χ3n) is 3.96. The molecule has 1 unspecified atom stereocenters. The Morgan fingerprint density at radius 1 is 1.35 bits per heavy atom. The van der Waals surface area contributed by atoms with Gasteiger partial charge in [0.1, 0.15) is 11.6 Å². The van der Waals surface area contributed by atoms with Crippen LogP contribution in [0.2, 0.25) is 0 Å². The van der Waals surface area contributed by atoms with Crippen LogP contribution in [0.4, 0.5) is 5.82 Å². The maximum absolute atomic E-state index is 5.55. The van der Waals surface area contributed by atoms with E-state index in [0.29, 0.717) is 6.04 Å². The van der Waals surface area contributed by atoms with Crippen LogP contribution in [0.25, 0.3) is 0 Å². The zero-order chi connectivity index (χ0) is 13.9. The van der Waals surface area contributed by atoms with E-state index in [4.69, 9.17) is 9.40 Å². The second-order valence-corrected chi connectivity index (χ2v) is 5.25. The Kier molecular flexibility index (Phi) is 3.72. The Morgan fingerprint density at radius 3 is 3.05 bits per heavy atom. The minimum atomic E-state index is 0.296. The summed E-state index contributed by atoms with van der Waals surface area (Å²) >= 11 is 0. The molecule has 106 valence electrons. The topological polar surface area (TPSA) is 51.0 Å². The van der Waals surface area contributed by atoms with Crippen molar-refractivity contribution in [3.05, 3.63) is 41.2 Å². The summed E-state index contributed by atoms with van der Waals surface area (Å²) in [6.07, 6.45) is 8.79. The summed E-state index contributed by atoms with van der Waals surface area (Å²) in [5.74, 6) is 2.05. The summed E-state index contributed by atoms with van der Waals surface area (Å²) in [5, 5.41) is 3.58. The molecule has 1 aliphatic carbocycles. The summed E-state index contributed by atoms with van der Waals surface area (Å²) < 4.78 is 5.55. The number of nitrogens with zero attached hydrogens (tertiary/aromatic N) is 2. The molecule has 2 aromatic heterocycles. The fourth-order valence-electron chi connectivity index (χ4n) is 2.80. The largest absolute Gasteiger partial charge is 0.469 e. The second-order valence-electron chi connectivity index (χ2n) is 5.25. The van der Waals surface area contributed by atoms with E-state index in [-0.39, 0.29) is 0 Å². The van der Waals surface area contributed by atoms with Gasteiger partial charge in [-0.05, 0) is 31.7 Å². The van der Waals surface area contributed by atoms with Gasteiger partial charge in [-0.3, -0.25) is 4.98 Å². The lowest BCUT2D eigenvalue weighted by Gasteiger charge is -2.24. The molecule has 0 saturated carbocycles. The minimum Gasteiger partial charge on any atom is -0.469 e. The number of rotatable bonds is 4. The van der Waals surface area contributed by atoms with E-state index in [0.717, 1.165) is 55.1 Å². The summed E-state index contributed by atoms with van der Waals surface area (Å²) in [5.41, 5.74) is 3.35. The molecule has 0 aliphatic heterocycles. The summed E-state index contributed by atoms with van der Waals surface area (Å²) in [6.45, 7) is 4.22. The second kappa shape index (κ2) is 5.65. The van der Waals surface area contributed by atoms with Crippen LogP contribution in [-0.2, 0) is 19.3 Å². The van der Waals surface area contributed by atoms with Crippen molar-refractivity contribution in [2.75, 3.05) is 5.32 Å². The van der Waals surface area contributed by atoms with Crippen LogP contribution in [0, 0.1) is 0 Å². The molecule has 0 amide bonds. The normalized spacial score (nSPS) is 17.8. The molecule has 1 atom stereocenters. The first-order valence-corrected chi connectivity index (χ1v) is 7.49. The number of fused-ring (bicyclic) bond motifs is 1. The molecule has 0 bridgehead atoms. The molecule has 4 heteroatoms. The zero-order valence-corrected chi connectivity index (χ0v) is 12.1. The van der Waals surface area contributed by atoms with Crippen molar-refractivity contribution >= 4 is 5.82 Å². The van der Waals surface area contributed by atoms with Crippen LogP contribution < -0.4 is 5.32 Å². The number of nitrogens with one attached hydrogen (secondary N) is 1. The lowest BCUT2D eigenvalue weighted by molar-refractivity contribution is 0.461. The predicted octanol–water partition coefficient (Wildman–Crippen LogP) is 3.68. The summed E-state index contributed by atoms with van der Waals surface area (Å²) in [6, 6.07) is 2.37. The molecular formula is C16H21N3O. The van der Waals surface area contributed by atoms with Crippen molar-refractivity contribution in [1.82, 2.24) is 9.97 Å². The van der Waals surface area contributed by atoms with Crippen LogP contribution in [-0.4, -0.2) is 9.97 Å². The van der Waals surface area contributed by atoms with E-state index in [2.05, 4.69) is 30.2 Å². The van der Waals surface area contributed by atoms with Gasteiger partial charge in [-0.25, -0.2) is 4.98 Å². The molecule has 0 saturated heterocycles. The maximum Gasteiger partial charge on any atom is 0.148 e. The average Bonchev–Trinajstić information content (AvgIpc) is 2.96. The van der Waals surface area contributed by atoms with E-state index in [9.17, 15) is 0 Å². The van der Waals surface area contributed by atoms with Crippen molar-refractivity contribution in [3.8, 4) is 0 Å². The van der Waals surface area contributed by atoms with Gasteiger partial charge >= 0.3 is 0 Å². The smallest absolute Gasteiger partial charge is 0.148 e. The number of anilines is 1. The summed E-state index contributed by atoms with van der Waals surface area (Å²) in [4.78, 5) is 9.24. The number of furan rings is 1. The SMILES string of the molecule is CCc1cnc(CC)c(NC2CCCc3occc32)n1. The monoisotopic (exact) mass is 271 g/mol. The van der Waals surface area contributed by atoms with Gasteiger partial charge in [0.25, 0.3) is 0 Å². The minimum absolute atomic E-state index is 0.296. The zero-order valence-electron chi connectivity index (χ0n) is 12.1. The van der Waals surface area contributed by atoms with Crippen LogP contribution in [0.15, 0.2) is 22.9 Å². The Bertz CT molecular complexity index is 591. The molecule has 20 heavy (non-hydrogen) atoms. The first kappa shape index (κ1) is 13.2. The third kappa shape index (κ3) is 2.42. The lowest BCUT2D eigenvalue weighted by atomic mass is 9.93. The molecule has 1 aliphatic rings. The van der Waals surface area contributed by atoms with Crippen molar-refractivity contribution in [3.63, 3.8) is 0 Å². The van der Waals surface area contributed by atoms with Crippen LogP contribution in [0.1, 0.15) is 55.4 Å². The average molecular weight is 271 g/mol. The number of aromatic nitrogens is 2. The number of aryl methyl sites for hydroxylation is 3. The first-order chi connectivity index (χ1) is 9.81. The Morgan fingerprint density at radius 2 is 2.25 bits per heavy atom. The molecule has 0 radical (unpaired) electrons. The first-order valence-electron chi connectivity index (χ1n) is 7.49. The molecule has 0 aromatic carbocycles. The molecule has 4 nitrogen and oxygen atoms in total. The quantitative estimate of drug-likeness (QED) is 0.921. The molecule has 2 aromatic rings. The number of hydrogen-bond donors (Lipinski definition) is 1. The maximum atomic E-state index is 5.55. The van der Waals surface area contributed by atoms with E-state index < -0.39 is 0 Å². The highest BCUT2D eigenvalue weighted by molar-refractivity contribution is 5.44. The predicted molar refractivity (Wildman–Crippen MR) is 78.8 cm³/mol. The number of hydrogen-bond acceptors (Lipinski definition) is 4. The van der Waals surface area contributed by atoms with E-state index in [1.165, 1.54) is 5.56 Å². The molecule has 3 rings (SSSR count). The third-order valence-corrected chi connectivity index (χ3v) is 3.96. The molecular weight excluding hydrogens is 250 g/mol. The van der Waals surface area contributed by atoms with Gasteiger partial charge in [0.05, 0.1) is 23.7 Å². The van der Waals surface area contributed by atoms with Gasteiger partial charge in [-0.1, -0.05) is 13.8 Å². The fraction of sp³-hybridized carbons (Fsp3) is 0.500. The fourth-order valence-corrected chi connectivity index (χ4v) is 2.80. The Labute approximate surface area is 119 Å². The highest BCUT2D eigenvalue weighted by Crippen LogP contribution is 2.33. The van der Waals surface area contributed by atoms with Gasteiger partial charge in [0, 0.05) is 18.2 Å². The van der Waals surface area contributed by atoms with Crippen LogP contribution in [0.3, 0.4) is 0 Å². The summed E-state index contributed by atoms with van der Waals surface area (Å²) in [7, 11) is 0. The van der Waals surface area contributed by atoms with Crippen LogP contribution >= 0.6 is 0 Å². The highest BCUT2D eigenvalue weighted by Gasteiger charge is 2.23. The molecule has 2 heterocycles. The van der Waals surface area contributed by atoms with Gasteiger partial charge in [-0.15, -0.1) is 0 Å². The lowest BCUT2D eigenvalue weighted by Crippen LogP contribution is -2.18. The van der Waals surface area contributed by atoms with E-state index in [1.54, 1.807) is 6.26 Å². The Hall–Kier alpha value is -1.84. The van der Waals surface area contributed by atoms with Gasteiger partial charge in [-0.2, -0.15) is 0 Å². The molecule has 0 fully saturated rings. The van der Waals surface area contributed by atoms with Crippen LogP contribution in [0.5, 0.6) is 0 Å². The molecule has 1 N–H and O–H groups in total. The van der Waals surface area contributed by atoms with Gasteiger partial charge < -0.3 is 9.73 Å². The van der Waals surface area contributed by atoms with Crippen molar-refractivity contribution in [2.24, 2.45) is 0 Å². The van der Waals surface area contributed by atoms with E-state index in [1.807, 2.05) is 6.20 Å². The van der Waals surface area contributed by atoms with Crippen molar-refractivity contribution in [1.29, 1.82) is 0 Å². The van der Waals surface area contributed by atoms with E-state index >= 15 is 0 Å². The van der Waals surface area contributed by atoms with Crippen molar-refractivity contribution < 1.29 is 4.42 Å². The highest BCUT2D eigenvalue weighted by atomic mass is 16.3. The van der Waals surface area contributed by atoms with Crippen molar-refractivity contribution in [2.45, 2.75) is 52.0 Å². The molecule has 0 spiro atoms. The Balaban J connectivity index is 1.88. The standard InChI is InChI=1S/C16H21N3O/c1-3-11-10-17-13(4-2)16(18-11)19-14-6-5-7-15-12(14)8-9-20-15/h8-10,14H,3-7H2,1-2H3,(H,18,19). The van der Waals surface area contributed by atoms with Gasteiger partial charge in [0.2, 0.25) is 0 Å².